The van der Waals surface area contributed by atoms with Crippen LogP contribution in [0.4, 0.5) is 5.69 Å². The van der Waals surface area contributed by atoms with Crippen molar-refractivity contribution in [1.29, 1.82) is 0 Å². The number of benzene rings is 2. The third kappa shape index (κ3) is 2.75. The van der Waals surface area contributed by atoms with Crippen LogP contribution in [0.25, 0.3) is 0 Å². The number of anilines is 1. The zero-order chi connectivity index (χ0) is 16.8. The second-order valence-corrected chi connectivity index (χ2v) is 8.09. The molecule has 2 aromatic rings. The van der Waals surface area contributed by atoms with E-state index in [1.54, 1.807) is 12.1 Å². The molecule has 0 saturated heterocycles. The van der Waals surface area contributed by atoms with Gasteiger partial charge in [-0.05, 0) is 36.2 Å². The Morgan fingerprint density at radius 3 is 2.39 bits per heavy atom. The lowest BCUT2D eigenvalue weighted by atomic mass is 9.81. The molecule has 0 amide bonds. The summed E-state index contributed by atoms with van der Waals surface area (Å²) in [6, 6.07) is 15.3. The molecule has 0 fully saturated rings. The van der Waals surface area contributed by atoms with Crippen LogP contribution in [-0.2, 0) is 22.1 Å². The summed E-state index contributed by atoms with van der Waals surface area (Å²) < 4.78 is 32.2. The number of fused-ring (bicyclic) bond motifs is 1. The summed E-state index contributed by atoms with van der Waals surface area (Å²) in [7, 11) is -4.19. The highest BCUT2D eigenvalue weighted by Crippen LogP contribution is 2.46. The van der Waals surface area contributed by atoms with Gasteiger partial charge in [0.2, 0.25) is 0 Å². The molecule has 0 saturated carbocycles. The predicted molar refractivity (Wildman–Crippen MR) is 91.4 cm³/mol. The SMILES string of the molecule is CC1N(Cc2ccccc2)c2ccc(S(=O)(=O)O)cc2C1(C)C. The molecule has 23 heavy (non-hydrogen) atoms. The average Bonchev–Trinajstić information content (AvgIpc) is 2.68. The highest BCUT2D eigenvalue weighted by atomic mass is 32.2. The van der Waals surface area contributed by atoms with Gasteiger partial charge in [0, 0.05) is 23.7 Å². The molecule has 1 aliphatic heterocycles. The maximum Gasteiger partial charge on any atom is 0.294 e. The molecule has 3 rings (SSSR count). The molecule has 1 aliphatic rings. The Morgan fingerprint density at radius 1 is 1.13 bits per heavy atom. The molecule has 122 valence electrons. The van der Waals surface area contributed by atoms with Crippen LogP contribution in [0.2, 0.25) is 0 Å². The van der Waals surface area contributed by atoms with E-state index in [2.05, 4.69) is 37.8 Å². The molecule has 2 aromatic carbocycles. The highest BCUT2D eigenvalue weighted by molar-refractivity contribution is 7.85. The Balaban J connectivity index is 2.06. The Morgan fingerprint density at radius 2 is 1.78 bits per heavy atom. The largest absolute Gasteiger partial charge is 0.363 e. The van der Waals surface area contributed by atoms with E-state index in [4.69, 9.17) is 0 Å². The van der Waals surface area contributed by atoms with E-state index in [-0.39, 0.29) is 16.4 Å². The average molecular weight is 331 g/mol. The van der Waals surface area contributed by atoms with Crippen LogP contribution >= 0.6 is 0 Å². The van der Waals surface area contributed by atoms with E-state index < -0.39 is 10.1 Å². The quantitative estimate of drug-likeness (QED) is 0.873. The van der Waals surface area contributed by atoms with Gasteiger partial charge in [-0.3, -0.25) is 4.55 Å². The molecule has 5 heteroatoms. The first-order valence-electron chi connectivity index (χ1n) is 7.64. The first kappa shape index (κ1) is 16.0. The normalized spacial score (nSPS) is 19.7. The van der Waals surface area contributed by atoms with E-state index in [0.717, 1.165) is 17.8 Å². The van der Waals surface area contributed by atoms with Gasteiger partial charge in [-0.25, -0.2) is 0 Å². The number of nitrogens with zero attached hydrogens (tertiary/aromatic N) is 1. The maximum absolute atomic E-state index is 11.4. The summed E-state index contributed by atoms with van der Waals surface area (Å²) in [5.41, 5.74) is 2.99. The van der Waals surface area contributed by atoms with Crippen LogP contribution in [0.5, 0.6) is 0 Å². The third-order valence-electron chi connectivity index (χ3n) is 4.98. The zero-order valence-electron chi connectivity index (χ0n) is 13.5. The van der Waals surface area contributed by atoms with Gasteiger partial charge in [-0.15, -0.1) is 0 Å². The molecule has 1 N–H and O–H groups in total. The summed E-state index contributed by atoms with van der Waals surface area (Å²) in [5, 5.41) is 0. The van der Waals surface area contributed by atoms with Gasteiger partial charge in [-0.1, -0.05) is 44.2 Å². The Bertz CT molecular complexity index is 829. The lowest BCUT2D eigenvalue weighted by Crippen LogP contribution is -2.38. The second kappa shape index (κ2) is 5.35. The fourth-order valence-electron chi connectivity index (χ4n) is 3.27. The van der Waals surface area contributed by atoms with Gasteiger partial charge in [-0.2, -0.15) is 8.42 Å². The van der Waals surface area contributed by atoms with Crippen molar-refractivity contribution in [3.8, 4) is 0 Å². The molecule has 4 nitrogen and oxygen atoms in total. The number of hydrogen-bond acceptors (Lipinski definition) is 3. The van der Waals surface area contributed by atoms with Gasteiger partial charge < -0.3 is 4.90 Å². The number of rotatable bonds is 3. The molecular weight excluding hydrogens is 310 g/mol. The summed E-state index contributed by atoms with van der Waals surface area (Å²) in [6.07, 6.45) is 0. The monoisotopic (exact) mass is 331 g/mol. The highest BCUT2D eigenvalue weighted by Gasteiger charge is 2.42. The van der Waals surface area contributed by atoms with Crippen LogP contribution in [0.1, 0.15) is 31.9 Å². The van der Waals surface area contributed by atoms with Gasteiger partial charge in [0.1, 0.15) is 0 Å². The molecule has 1 unspecified atom stereocenters. The fraction of sp³-hybridized carbons (Fsp3) is 0.333. The predicted octanol–water partition coefficient (Wildman–Crippen LogP) is 3.62. The van der Waals surface area contributed by atoms with Crippen molar-refractivity contribution in [3.63, 3.8) is 0 Å². The minimum Gasteiger partial charge on any atom is -0.363 e. The van der Waals surface area contributed by atoms with Crippen molar-refractivity contribution < 1.29 is 13.0 Å². The molecule has 0 bridgehead atoms. The van der Waals surface area contributed by atoms with E-state index in [0.29, 0.717) is 0 Å². The lowest BCUT2D eigenvalue weighted by Gasteiger charge is -2.31. The first-order valence-corrected chi connectivity index (χ1v) is 9.08. The van der Waals surface area contributed by atoms with Crippen LogP contribution in [0.15, 0.2) is 53.4 Å². The zero-order valence-corrected chi connectivity index (χ0v) is 14.3. The molecule has 0 aliphatic carbocycles. The minimum atomic E-state index is -4.19. The third-order valence-corrected chi connectivity index (χ3v) is 5.83. The van der Waals surface area contributed by atoms with Gasteiger partial charge in [0.05, 0.1) is 4.90 Å². The van der Waals surface area contributed by atoms with Crippen LogP contribution in [-0.4, -0.2) is 19.0 Å². The Kier molecular flexibility index (Phi) is 3.73. The van der Waals surface area contributed by atoms with E-state index >= 15 is 0 Å². The van der Waals surface area contributed by atoms with Crippen molar-refractivity contribution in [1.82, 2.24) is 0 Å². The van der Waals surface area contributed by atoms with E-state index in [9.17, 15) is 13.0 Å². The molecule has 1 heterocycles. The molecule has 0 radical (unpaired) electrons. The Labute approximate surface area is 137 Å². The second-order valence-electron chi connectivity index (χ2n) is 6.67. The molecular formula is C18H21NO3S. The van der Waals surface area contributed by atoms with Gasteiger partial charge in [0.25, 0.3) is 10.1 Å². The molecule has 0 aromatic heterocycles. The summed E-state index contributed by atoms with van der Waals surface area (Å²) in [5.74, 6) is 0. The fourth-order valence-corrected chi connectivity index (χ4v) is 3.77. The van der Waals surface area contributed by atoms with Crippen molar-refractivity contribution in [3.05, 3.63) is 59.7 Å². The molecule has 1 atom stereocenters. The van der Waals surface area contributed by atoms with Crippen molar-refractivity contribution >= 4 is 15.8 Å². The van der Waals surface area contributed by atoms with Crippen molar-refractivity contribution in [2.75, 3.05) is 4.90 Å². The summed E-state index contributed by atoms with van der Waals surface area (Å²) >= 11 is 0. The minimum absolute atomic E-state index is 0.0434. The smallest absolute Gasteiger partial charge is 0.294 e. The number of hydrogen-bond donors (Lipinski definition) is 1. The Hall–Kier alpha value is -1.85. The van der Waals surface area contributed by atoms with E-state index in [1.807, 2.05) is 18.2 Å². The summed E-state index contributed by atoms with van der Waals surface area (Å²) in [4.78, 5) is 2.25. The first-order chi connectivity index (χ1) is 10.7. The topological polar surface area (TPSA) is 57.6 Å². The summed E-state index contributed by atoms with van der Waals surface area (Å²) in [6.45, 7) is 7.13. The van der Waals surface area contributed by atoms with E-state index in [1.165, 1.54) is 11.6 Å². The van der Waals surface area contributed by atoms with Crippen LogP contribution < -0.4 is 4.90 Å². The standard InChI is InChI=1S/C18H21NO3S/c1-13-18(2,3)16-11-15(23(20,21)22)9-10-17(16)19(13)12-14-7-5-4-6-8-14/h4-11,13H,12H2,1-3H3,(H,20,21,22). The van der Waals surface area contributed by atoms with Crippen LogP contribution in [0.3, 0.4) is 0 Å². The van der Waals surface area contributed by atoms with Crippen molar-refractivity contribution in [2.24, 2.45) is 0 Å². The molecule has 0 spiro atoms. The maximum atomic E-state index is 11.4. The van der Waals surface area contributed by atoms with Crippen LogP contribution in [0, 0.1) is 0 Å². The lowest BCUT2D eigenvalue weighted by molar-refractivity contribution is 0.439. The van der Waals surface area contributed by atoms with Gasteiger partial charge >= 0.3 is 0 Å². The van der Waals surface area contributed by atoms with Gasteiger partial charge in [0.15, 0.2) is 0 Å². The van der Waals surface area contributed by atoms with Crippen molar-refractivity contribution in [2.45, 2.75) is 43.7 Å².